The minimum atomic E-state index is 0.143. The minimum Gasteiger partial charge on any atom is -0.360 e. The van der Waals surface area contributed by atoms with E-state index in [4.69, 9.17) is 4.98 Å². The number of aryl methyl sites for hydroxylation is 2. The predicted molar refractivity (Wildman–Crippen MR) is 162 cm³/mol. The van der Waals surface area contributed by atoms with Crippen molar-refractivity contribution in [3.05, 3.63) is 53.7 Å². The Kier molecular flexibility index (Phi) is 9.02. The number of amides is 1. The van der Waals surface area contributed by atoms with Gasteiger partial charge in [0.2, 0.25) is 0 Å². The summed E-state index contributed by atoms with van der Waals surface area (Å²) in [6.07, 6.45) is 11.4. The maximum atomic E-state index is 13.7. The van der Waals surface area contributed by atoms with E-state index in [1.807, 2.05) is 17.0 Å². The number of rotatable bonds is 12. The van der Waals surface area contributed by atoms with Crippen molar-refractivity contribution in [1.82, 2.24) is 24.3 Å². The van der Waals surface area contributed by atoms with Crippen molar-refractivity contribution in [2.24, 2.45) is 0 Å². The van der Waals surface area contributed by atoms with Gasteiger partial charge in [0.25, 0.3) is 5.91 Å². The molecule has 1 aliphatic heterocycles. The predicted octanol–water partition coefficient (Wildman–Crippen LogP) is 7.41. The largest absolute Gasteiger partial charge is 0.360 e. The molecule has 0 bridgehead atoms. The number of fused-ring (bicyclic) bond motifs is 2. The smallest absolute Gasteiger partial charge is 0.253 e. The van der Waals surface area contributed by atoms with E-state index in [9.17, 15) is 4.79 Å². The molecular weight excluding hydrogens is 482 g/mol. The molecule has 0 radical (unpaired) electrons. The number of hydrogen-bond acceptors (Lipinski definition) is 3. The van der Waals surface area contributed by atoms with Crippen LogP contribution in [0, 0.1) is 6.92 Å². The molecule has 0 saturated carbocycles. The van der Waals surface area contributed by atoms with Gasteiger partial charge in [-0.3, -0.25) is 4.79 Å². The SMILES string of the molecule is CCCCN(CCCC)C(=O)c1ccc2nc(-c3c[nH]c4cc(C)ccc34)n(CCCN3CCCCC3)c2c1. The van der Waals surface area contributed by atoms with Crippen molar-refractivity contribution in [1.29, 1.82) is 0 Å². The van der Waals surface area contributed by atoms with Crippen LogP contribution in [0.15, 0.2) is 42.6 Å². The second kappa shape index (κ2) is 12.8. The first kappa shape index (κ1) is 27.4. The van der Waals surface area contributed by atoms with Crippen LogP contribution in [-0.2, 0) is 6.54 Å². The maximum Gasteiger partial charge on any atom is 0.253 e. The van der Waals surface area contributed by atoms with Gasteiger partial charge in [0, 0.05) is 47.9 Å². The molecule has 1 amide bonds. The molecule has 0 aliphatic carbocycles. The van der Waals surface area contributed by atoms with Crippen molar-refractivity contribution in [2.45, 2.75) is 78.7 Å². The summed E-state index contributed by atoms with van der Waals surface area (Å²) in [7, 11) is 0. The topological polar surface area (TPSA) is 57.2 Å². The second-order valence-corrected chi connectivity index (χ2v) is 11.3. The van der Waals surface area contributed by atoms with Crippen LogP contribution in [0.4, 0.5) is 0 Å². The molecule has 1 saturated heterocycles. The molecule has 5 rings (SSSR count). The lowest BCUT2D eigenvalue weighted by Crippen LogP contribution is -2.33. The zero-order chi connectivity index (χ0) is 27.2. The van der Waals surface area contributed by atoms with Gasteiger partial charge in [-0.1, -0.05) is 45.2 Å². The van der Waals surface area contributed by atoms with Crippen LogP contribution in [0.5, 0.6) is 0 Å². The Bertz CT molecular complexity index is 1390. The van der Waals surface area contributed by atoms with Crippen LogP contribution in [0.3, 0.4) is 0 Å². The number of imidazole rings is 1. The number of unbranched alkanes of at least 4 members (excludes halogenated alkanes) is 2. The van der Waals surface area contributed by atoms with Crippen molar-refractivity contribution >= 4 is 27.8 Å². The number of hydrogen-bond donors (Lipinski definition) is 1. The maximum absolute atomic E-state index is 13.7. The van der Waals surface area contributed by atoms with Gasteiger partial charge in [-0.05, 0) is 88.5 Å². The van der Waals surface area contributed by atoms with Gasteiger partial charge in [0.05, 0.1) is 11.0 Å². The molecule has 0 unspecified atom stereocenters. The van der Waals surface area contributed by atoms with Crippen molar-refractivity contribution in [3.63, 3.8) is 0 Å². The van der Waals surface area contributed by atoms with Crippen LogP contribution < -0.4 is 0 Å². The summed E-state index contributed by atoms with van der Waals surface area (Å²) in [5.74, 6) is 1.13. The summed E-state index contributed by atoms with van der Waals surface area (Å²) in [6.45, 7) is 12.5. The number of aromatic nitrogens is 3. The van der Waals surface area contributed by atoms with Gasteiger partial charge in [0.15, 0.2) is 0 Å². The van der Waals surface area contributed by atoms with Crippen LogP contribution in [-0.4, -0.2) is 63.0 Å². The Morgan fingerprint density at radius 3 is 2.46 bits per heavy atom. The molecule has 6 nitrogen and oxygen atoms in total. The summed E-state index contributed by atoms with van der Waals surface area (Å²) < 4.78 is 2.36. The Labute approximate surface area is 233 Å². The third-order valence-corrected chi connectivity index (χ3v) is 8.23. The van der Waals surface area contributed by atoms with Crippen molar-refractivity contribution in [3.8, 4) is 11.4 Å². The van der Waals surface area contributed by atoms with Gasteiger partial charge in [-0.15, -0.1) is 0 Å². The zero-order valence-corrected chi connectivity index (χ0v) is 24.1. The number of H-pyrrole nitrogens is 1. The van der Waals surface area contributed by atoms with E-state index >= 15 is 0 Å². The molecule has 0 atom stereocenters. The summed E-state index contributed by atoms with van der Waals surface area (Å²) in [6, 6.07) is 12.7. The van der Waals surface area contributed by atoms with E-state index < -0.39 is 0 Å². The Morgan fingerprint density at radius 2 is 1.72 bits per heavy atom. The highest BCUT2D eigenvalue weighted by atomic mass is 16.2. The lowest BCUT2D eigenvalue weighted by atomic mass is 10.1. The highest BCUT2D eigenvalue weighted by molar-refractivity contribution is 5.99. The Hall–Kier alpha value is -3.12. The number of nitrogens with one attached hydrogen (secondary N) is 1. The second-order valence-electron chi connectivity index (χ2n) is 11.3. The lowest BCUT2D eigenvalue weighted by Gasteiger charge is -2.26. The molecule has 2 aromatic carbocycles. The van der Waals surface area contributed by atoms with E-state index in [1.54, 1.807) is 0 Å². The molecule has 4 aromatic rings. The molecular formula is C33H45N5O. The number of aromatic amines is 1. The molecule has 2 aromatic heterocycles. The summed E-state index contributed by atoms with van der Waals surface area (Å²) in [5.41, 5.74) is 6.28. The fourth-order valence-corrected chi connectivity index (χ4v) is 5.94. The standard InChI is InChI=1S/C33H45N5O/c1-4-6-19-37(20-7-5-2)33(39)26-13-15-29-31(23-26)38(21-11-18-36-16-9-8-10-17-36)32(35-29)28-24-34-30-22-25(3)12-14-27(28)30/h12-15,22-24,34H,4-11,16-21H2,1-3H3. The quantitative estimate of drug-likeness (QED) is 0.209. The normalized spacial score (nSPS) is 14.4. The monoisotopic (exact) mass is 527 g/mol. The van der Waals surface area contributed by atoms with Crippen LogP contribution in [0.2, 0.25) is 0 Å². The Morgan fingerprint density at radius 1 is 0.949 bits per heavy atom. The molecule has 1 N–H and O–H groups in total. The van der Waals surface area contributed by atoms with Gasteiger partial charge in [-0.25, -0.2) is 4.98 Å². The average molecular weight is 528 g/mol. The number of carbonyl (C=O) groups is 1. The molecule has 3 heterocycles. The van der Waals surface area contributed by atoms with Gasteiger partial charge in [-0.2, -0.15) is 0 Å². The fraction of sp³-hybridized carbons (Fsp3) is 0.515. The van der Waals surface area contributed by atoms with E-state index in [0.29, 0.717) is 0 Å². The van der Waals surface area contributed by atoms with E-state index in [2.05, 4.69) is 65.7 Å². The van der Waals surface area contributed by atoms with Crippen molar-refractivity contribution in [2.75, 3.05) is 32.7 Å². The number of piperidine rings is 1. The molecule has 1 fully saturated rings. The molecule has 6 heteroatoms. The van der Waals surface area contributed by atoms with Gasteiger partial charge < -0.3 is 19.4 Å². The Balaban J connectivity index is 1.51. The minimum absolute atomic E-state index is 0.143. The highest BCUT2D eigenvalue weighted by Crippen LogP contribution is 2.32. The van der Waals surface area contributed by atoms with Crippen LogP contribution in [0.25, 0.3) is 33.3 Å². The lowest BCUT2D eigenvalue weighted by molar-refractivity contribution is 0.0751. The fourth-order valence-electron chi connectivity index (χ4n) is 5.94. The summed E-state index contributed by atoms with van der Waals surface area (Å²) in [5, 5.41) is 1.19. The van der Waals surface area contributed by atoms with E-state index in [-0.39, 0.29) is 5.91 Å². The van der Waals surface area contributed by atoms with Crippen LogP contribution in [0.1, 0.15) is 81.1 Å². The summed E-state index contributed by atoms with van der Waals surface area (Å²) >= 11 is 0. The van der Waals surface area contributed by atoms with E-state index in [0.717, 1.165) is 91.8 Å². The first-order chi connectivity index (χ1) is 19.1. The third-order valence-electron chi connectivity index (χ3n) is 8.23. The molecule has 1 aliphatic rings. The van der Waals surface area contributed by atoms with Crippen LogP contribution >= 0.6 is 0 Å². The van der Waals surface area contributed by atoms with Crippen molar-refractivity contribution < 1.29 is 4.79 Å². The van der Waals surface area contributed by atoms with E-state index in [1.165, 1.54) is 43.3 Å². The number of carbonyl (C=O) groups excluding carboxylic acids is 1. The number of benzene rings is 2. The number of nitrogens with zero attached hydrogens (tertiary/aromatic N) is 4. The number of likely N-dealkylation sites (tertiary alicyclic amines) is 1. The third kappa shape index (κ3) is 6.22. The highest BCUT2D eigenvalue weighted by Gasteiger charge is 2.20. The van der Waals surface area contributed by atoms with Gasteiger partial charge >= 0.3 is 0 Å². The zero-order valence-electron chi connectivity index (χ0n) is 24.1. The molecule has 39 heavy (non-hydrogen) atoms. The first-order valence-electron chi connectivity index (χ1n) is 15.2. The molecule has 208 valence electrons. The van der Waals surface area contributed by atoms with Gasteiger partial charge in [0.1, 0.15) is 5.82 Å². The first-order valence-corrected chi connectivity index (χ1v) is 15.2. The average Bonchev–Trinajstić information content (AvgIpc) is 3.53. The molecule has 0 spiro atoms. The summed E-state index contributed by atoms with van der Waals surface area (Å²) in [4.78, 5) is 26.9.